The molecular weight excluding hydrogens is 208 g/mol. The quantitative estimate of drug-likeness (QED) is 0.665. The van der Waals surface area contributed by atoms with E-state index in [0.717, 1.165) is 0 Å². The van der Waals surface area contributed by atoms with E-state index >= 15 is 0 Å². The fraction of sp³-hybridized carbons (Fsp3) is 0.818. The van der Waals surface area contributed by atoms with Crippen molar-refractivity contribution in [3.05, 3.63) is 0 Å². The third-order valence-electron chi connectivity index (χ3n) is 2.76. The number of hydrogen-bond acceptors (Lipinski definition) is 4. The van der Waals surface area contributed by atoms with Gasteiger partial charge in [0.1, 0.15) is 0 Å². The summed E-state index contributed by atoms with van der Waals surface area (Å²) < 4.78 is 4.67. The van der Waals surface area contributed by atoms with E-state index in [1.165, 1.54) is 7.11 Å². The van der Waals surface area contributed by atoms with Crippen LogP contribution >= 0.6 is 0 Å². The van der Waals surface area contributed by atoms with Crippen LogP contribution in [0.15, 0.2) is 0 Å². The van der Waals surface area contributed by atoms with Crippen LogP contribution in [0.2, 0.25) is 0 Å². The maximum Gasteiger partial charge on any atom is 0.309 e. The minimum absolute atomic E-state index is 0.0324. The Morgan fingerprint density at radius 3 is 2.38 bits per heavy atom. The zero-order valence-electron chi connectivity index (χ0n) is 10.7. The maximum absolute atomic E-state index is 11.4. The molecular formula is C11H22N2O3. The molecule has 0 aromatic carbocycles. The number of ether oxygens (including phenoxy) is 1. The first-order valence-electron chi connectivity index (χ1n) is 5.48. The topological polar surface area (TPSA) is 58.6 Å². The first-order chi connectivity index (χ1) is 7.43. The molecule has 0 bridgehead atoms. The maximum atomic E-state index is 11.4. The van der Waals surface area contributed by atoms with Crippen LogP contribution in [0.1, 0.15) is 20.8 Å². The minimum atomic E-state index is -0.254. The molecule has 0 aliphatic carbocycles. The van der Waals surface area contributed by atoms with Crippen molar-refractivity contribution in [2.75, 3.05) is 27.2 Å². The smallest absolute Gasteiger partial charge is 0.309 e. The number of rotatable bonds is 6. The molecule has 2 unspecified atom stereocenters. The molecule has 5 nitrogen and oxygen atoms in total. The van der Waals surface area contributed by atoms with Crippen molar-refractivity contribution in [1.29, 1.82) is 0 Å². The van der Waals surface area contributed by atoms with Gasteiger partial charge in [0.15, 0.2) is 0 Å². The van der Waals surface area contributed by atoms with Crippen LogP contribution in [0.4, 0.5) is 0 Å². The van der Waals surface area contributed by atoms with Gasteiger partial charge in [-0.25, -0.2) is 0 Å². The highest BCUT2D eigenvalue weighted by Crippen LogP contribution is 2.10. The number of nitrogens with zero attached hydrogens (tertiary/aromatic N) is 1. The summed E-state index contributed by atoms with van der Waals surface area (Å²) in [5.41, 5.74) is 0. The average molecular weight is 230 g/mol. The lowest BCUT2D eigenvalue weighted by Gasteiger charge is -2.27. The van der Waals surface area contributed by atoms with E-state index in [1.807, 2.05) is 25.8 Å². The largest absolute Gasteiger partial charge is 0.469 e. The number of amides is 1. The van der Waals surface area contributed by atoms with Gasteiger partial charge in [-0.15, -0.1) is 0 Å². The van der Waals surface area contributed by atoms with Crippen molar-refractivity contribution in [2.45, 2.75) is 26.8 Å². The van der Waals surface area contributed by atoms with Crippen LogP contribution in [0, 0.1) is 5.92 Å². The molecule has 0 aromatic rings. The third-order valence-corrected chi connectivity index (χ3v) is 2.76. The van der Waals surface area contributed by atoms with Gasteiger partial charge in [-0.2, -0.15) is 0 Å². The highest BCUT2D eigenvalue weighted by Gasteiger charge is 2.25. The van der Waals surface area contributed by atoms with Gasteiger partial charge in [-0.05, 0) is 20.9 Å². The molecule has 0 spiro atoms. The summed E-state index contributed by atoms with van der Waals surface area (Å²) in [6, 6.07) is -0.0324. The van der Waals surface area contributed by atoms with E-state index in [0.29, 0.717) is 6.54 Å². The number of hydrogen-bond donors (Lipinski definition) is 1. The van der Waals surface area contributed by atoms with Gasteiger partial charge in [-0.1, -0.05) is 6.92 Å². The molecule has 0 fully saturated rings. The van der Waals surface area contributed by atoms with Gasteiger partial charge in [0.2, 0.25) is 5.91 Å². The summed E-state index contributed by atoms with van der Waals surface area (Å²) in [6.45, 7) is 6.48. The molecule has 0 heterocycles. The van der Waals surface area contributed by atoms with Crippen LogP contribution in [0.5, 0.6) is 0 Å². The summed E-state index contributed by atoms with van der Waals surface area (Å²) in [4.78, 5) is 24.5. The van der Waals surface area contributed by atoms with Crippen LogP contribution < -0.4 is 5.32 Å². The SMILES string of the molecule is CCNC(=O)CN(C)C(C)C(C)C(=O)OC. The van der Waals surface area contributed by atoms with Crippen LogP contribution in [0.25, 0.3) is 0 Å². The van der Waals surface area contributed by atoms with E-state index in [1.54, 1.807) is 6.92 Å². The Labute approximate surface area is 97.1 Å². The summed E-state index contributed by atoms with van der Waals surface area (Å²) in [5.74, 6) is -0.534. The standard InChI is InChI=1S/C11H22N2O3/c1-6-12-10(14)7-13(4)9(3)8(2)11(15)16-5/h8-9H,6-7H2,1-5H3,(H,12,14). The normalized spacial score (nSPS) is 14.4. The predicted molar refractivity (Wildman–Crippen MR) is 62.0 cm³/mol. The summed E-state index contributed by atoms with van der Waals surface area (Å²) in [5, 5.41) is 2.72. The Bertz CT molecular complexity index is 243. The number of esters is 1. The van der Waals surface area contributed by atoms with E-state index in [2.05, 4.69) is 10.1 Å². The van der Waals surface area contributed by atoms with E-state index in [4.69, 9.17) is 0 Å². The lowest BCUT2D eigenvalue weighted by Crippen LogP contribution is -2.43. The Kier molecular flexibility index (Phi) is 6.72. The molecule has 0 radical (unpaired) electrons. The molecule has 1 N–H and O–H groups in total. The van der Waals surface area contributed by atoms with E-state index in [9.17, 15) is 9.59 Å². The number of methoxy groups -OCH3 is 1. The van der Waals surface area contributed by atoms with Crippen molar-refractivity contribution < 1.29 is 14.3 Å². The molecule has 0 rings (SSSR count). The molecule has 0 aliphatic heterocycles. The van der Waals surface area contributed by atoms with Gasteiger partial charge in [-0.3, -0.25) is 14.5 Å². The summed E-state index contributed by atoms with van der Waals surface area (Å²) in [7, 11) is 3.19. The van der Waals surface area contributed by atoms with Crippen LogP contribution in [0.3, 0.4) is 0 Å². The van der Waals surface area contributed by atoms with Gasteiger partial charge < -0.3 is 10.1 Å². The zero-order valence-corrected chi connectivity index (χ0v) is 10.7. The second kappa shape index (κ2) is 7.22. The second-order valence-corrected chi connectivity index (χ2v) is 3.92. The zero-order chi connectivity index (χ0) is 12.7. The number of likely N-dealkylation sites (N-methyl/N-ethyl adjacent to an activating group) is 2. The Balaban J connectivity index is 4.21. The molecule has 5 heteroatoms. The Hall–Kier alpha value is -1.10. The molecule has 0 aliphatic rings. The van der Waals surface area contributed by atoms with Crippen molar-refractivity contribution in [3.63, 3.8) is 0 Å². The van der Waals surface area contributed by atoms with Crippen molar-refractivity contribution in [1.82, 2.24) is 10.2 Å². The monoisotopic (exact) mass is 230 g/mol. The molecule has 0 saturated heterocycles. The number of carbonyl (C=O) groups is 2. The summed E-state index contributed by atoms with van der Waals surface area (Å²) in [6.07, 6.45) is 0. The Morgan fingerprint density at radius 1 is 1.38 bits per heavy atom. The molecule has 0 aromatic heterocycles. The lowest BCUT2D eigenvalue weighted by molar-refractivity contribution is -0.147. The third kappa shape index (κ3) is 4.61. The highest BCUT2D eigenvalue weighted by molar-refractivity contribution is 5.78. The minimum Gasteiger partial charge on any atom is -0.469 e. The van der Waals surface area contributed by atoms with Gasteiger partial charge in [0.05, 0.1) is 19.6 Å². The molecule has 94 valence electrons. The van der Waals surface area contributed by atoms with Gasteiger partial charge >= 0.3 is 5.97 Å². The van der Waals surface area contributed by atoms with E-state index in [-0.39, 0.29) is 30.4 Å². The first-order valence-corrected chi connectivity index (χ1v) is 5.48. The van der Waals surface area contributed by atoms with Gasteiger partial charge in [0, 0.05) is 12.6 Å². The molecule has 2 atom stereocenters. The van der Waals surface area contributed by atoms with Gasteiger partial charge in [0.25, 0.3) is 0 Å². The lowest BCUT2D eigenvalue weighted by atomic mass is 10.0. The molecule has 1 amide bonds. The highest BCUT2D eigenvalue weighted by atomic mass is 16.5. The predicted octanol–water partition coefficient (Wildman–Crippen LogP) is 0.252. The van der Waals surface area contributed by atoms with Crippen LogP contribution in [-0.4, -0.2) is 50.1 Å². The fourth-order valence-electron chi connectivity index (χ4n) is 1.39. The molecule has 0 saturated carbocycles. The second-order valence-electron chi connectivity index (χ2n) is 3.92. The van der Waals surface area contributed by atoms with Crippen molar-refractivity contribution >= 4 is 11.9 Å². The average Bonchev–Trinajstić information content (AvgIpc) is 2.26. The van der Waals surface area contributed by atoms with Crippen molar-refractivity contribution in [3.8, 4) is 0 Å². The van der Waals surface area contributed by atoms with Crippen molar-refractivity contribution in [2.24, 2.45) is 5.92 Å². The number of carbonyl (C=O) groups excluding carboxylic acids is 2. The van der Waals surface area contributed by atoms with Crippen LogP contribution in [-0.2, 0) is 14.3 Å². The summed E-state index contributed by atoms with van der Waals surface area (Å²) >= 11 is 0. The van der Waals surface area contributed by atoms with E-state index < -0.39 is 0 Å². The number of nitrogens with one attached hydrogen (secondary N) is 1. The first kappa shape index (κ1) is 14.9. The fourth-order valence-corrected chi connectivity index (χ4v) is 1.39. The molecule has 16 heavy (non-hydrogen) atoms. The Morgan fingerprint density at radius 2 is 1.94 bits per heavy atom.